The average Bonchev–Trinajstić information content (AvgIpc) is 3.39. The molecule has 4 aromatic rings. The molecule has 0 aliphatic heterocycles. The highest BCUT2D eigenvalue weighted by Gasteiger charge is 2.13. The second-order valence-corrected chi connectivity index (χ2v) is 6.79. The van der Waals surface area contributed by atoms with Crippen molar-refractivity contribution in [3.8, 4) is 11.4 Å². The number of rotatable bonds is 7. The number of tetrazole rings is 1. The van der Waals surface area contributed by atoms with Gasteiger partial charge in [-0.25, -0.2) is 14.3 Å². The first-order valence-corrected chi connectivity index (χ1v) is 9.07. The lowest BCUT2D eigenvalue weighted by Crippen LogP contribution is -2.06. The summed E-state index contributed by atoms with van der Waals surface area (Å²) in [6.45, 7) is 1.05. The van der Waals surface area contributed by atoms with Crippen molar-refractivity contribution in [2.24, 2.45) is 0 Å². The normalized spacial score (nSPS) is 11.1. The average molecular weight is 367 g/mol. The molecule has 0 aliphatic carbocycles. The molecule has 0 unspecified atom stereocenters. The van der Waals surface area contributed by atoms with Gasteiger partial charge in [0.1, 0.15) is 6.33 Å². The summed E-state index contributed by atoms with van der Waals surface area (Å²) >= 11 is 1.69. The monoisotopic (exact) mass is 367 g/mol. The van der Waals surface area contributed by atoms with E-state index in [4.69, 9.17) is 0 Å². The van der Waals surface area contributed by atoms with Crippen LogP contribution in [0.1, 0.15) is 16.3 Å². The van der Waals surface area contributed by atoms with E-state index in [1.807, 2.05) is 35.7 Å². The van der Waals surface area contributed by atoms with Gasteiger partial charge in [-0.3, -0.25) is 0 Å². The molecule has 0 saturated heterocycles. The van der Waals surface area contributed by atoms with Crippen LogP contribution < -0.4 is 0 Å². The quantitative estimate of drug-likeness (QED) is 0.533. The molecule has 26 heavy (non-hydrogen) atoms. The lowest BCUT2D eigenvalue weighted by Gasteiger charge is -2.05. The fraction of sp³-hybridized carbons (Fsp3) is 0.235. The Bertz CT molecular complexity index is 946. The summed E-state index contributed by atoms with van der Waals surface area (Å²) in [5.74, 6) is 1.52. The molecule has 0 fully saturated rings. The molecule has 8 nitrogen and oxygen atoms in total. The second-order valence-electron chi connectivity index (χ2n) is 5.76. The first kappa shape index (κ1) is 16.6. The van der Waals surface area contributed by atoms with Crippen LogP contribution in [0.15, 0.2) is 48.1 Å². The van der Waals surface area contributed by atoms with Crippen molar-refractivity contribution in [2.75, 3.05) is 6.61 Å². The highest BCUT2D eigenvalue weighted by Crippen LogP contribution is 2.20. The first-order valence-electron chi connectivity index (χ1n) is 8.19. The molecule has 9 heteroatoms. The summed E-state index contributed by atoms with van der Waals surface area (Å²) in [5.41, 5.74) is 2.05. The smallest absolute Gasteiger partial charge is 0.158 e. The number of thiophene rings is 1. The number of aliphatic hydroxyl groups is 1. The van der Waals surface area contributed by atoms with Crippen molar-refractivity contribution in [1.82, 2.24) is 35.0 Å². The summed E-state index contributed by atoms with van der Waals surface area (Å²) in [7, 11) is 0. The van der Waals surface area contributed by atoms with Crippen molar-refractivity contribution >= 4 is 11.3 Å². The fourth-order valence-corrected chi connectivity index (χ4v) is 3.40. The Labute approximate surface area is 153 Å². The van der Waals surface area contributed by atoms with Crippen LogP contribution in [-0.4, -0.2) is 46.7 Å². The van der Waals surface area contributed by atoms with E-state index in [2.05, 4.69) is 31.7 Å². The predicted octanol–water partition coefficient (Wildman–Crippen LogP) is 1.62. The van der Waals surface area contributed by atoms with Gasteiger partial charge in [-0.1, -0.05) is 30.3 Å². The fourth-order valence-electron chi connectivity index (χ4n) is 2.70. The van der Waals surface area contributed by atoms with E-state index >= 15 is 0 Å². The molecule has 3 heterocycles. The minimum absolute atomic E-state index is 0.0200. The van der Waals surface area contributed by atoms with Crippen LogP contribution in [0.5, 0.6) is 0 Å². The van der Waals surface area contributed by atoms with E-state index < -0.39 is 0 Å². The highest BCUT2D eigenvalue weighted by molar-refractivity contribution is 7.09. The number of nitrogens with zero attached hydrogens (tertiary/aromatic N) is 7. The van der Waals surface area contributed by atoms with Gasteiger partial charge in [-0.2, -0.15) is 5.10 Å². The molecule has 3 aromatic heterocycles. The van der Waals surface area contributed by atoms with Crippen LogP contribution in [0.3, 0.4) is 0 Å². The molecular weight excluding hydrogens is 350 g/mol. The molecule has 1 N–H and O–H groups in total. The summed E-state index contributed by atoms with van der Waals surface area (Å²) in [6.07, 6.45) is 2.28. The Kier molecular flexibility index (Phi) is 4.80. The van der Waals surface area contributed by atoms with E-state index in [-0.39, 0.29) is 6.61 Å². The molecule has 0 bridgehead atoms. The van der Waals surface area contributed by atoms with Crippen molar-refractivity contribution < 1.29 is 5.11 Å². The largest absolute Gasteiger partial charge is 0.394 e. The van der Waals surface area contributed by atoms with Gasteiger partial charge in [0.25, 0.3) is 0 Å². The second kappa shape index (κ2) is 7.54. The zero-order valence-corrected chi connectivity index (χ0v) is 14.7. The molecule has 0 radical (unpaired) electrons. The lowest BCUT2D eigenvalue weighted by atomic mass is 10.1. The molecule has 0 saturated carbocycles. The van der Waals surface area contributed by atoms with Crippen molar-refractivity contribution in [3.63, 3.8) is 0 Å². The van der Waals surface area contributed by atoms with E-state index in [1.54, 1.807) is 27.0 Å². The van der Waals surface area contributed by atoms with Gasteiger partial charge in [-0.15, -0.1) is 16.4 Å². The van der Waals surface area contributed by atoms with E-state index in [0.29, 0.717) is 19.5 Å². The Morgan fingerprint density at radius 1 is 1.12 bits per heavy atom. The van der Waals surface area contributed by atoms with Crippen LogP contribution in [0.2, 0.25) is 0 Å². The SMILES string of the molecule is OCCn1nc(Cc2cccs2)nc1-c1ccc(Cn2cnnn2)cc1. The summed E-state index contributed by atoms with van der Waals surface area (Å²) in [4.78, 5) is 5.91. The summed E-state index contributed by atoms with van der Waals surface area (Å²) < 4.78 is 3.43. The maximum atomic E-state index is 9.34. The number of aliphatic hydroxyl groups excluding tert-OH is 1. The molecule has 0 aliphatic rings. The Morgan fingerprint density at radius 3 is 2.69 bits per heavy atom. The van der Waals surface area contributed by atoms with Crippen LogP contribution >= 0.6 is 11.3 Å². The molecule has 0 amide bonds. The maximum Gasteiger partial charge on any atom is 0.158 e. The van der Waals surface area contributed by atoms with Gasteiger partial charge in [-0.05, 0) is 27.4 Å². The molecule has 0 spiro atoms. The topological polar surface area (TPSA) is 94.5 Å². The number of hydrogen-bond acceptors (Lipinski definition) is 7. The Morgan fingerprint density at radius 2 is 2.00 bits per heavy atom. The van der Waals surface area contributed by atoms with Gasteiger partial charge in [0.05, 0.1) is 19.7 Å². The molecule has 0 atom stereocenters. The van der Waals surface area contributed by atoms with E-state index in [1.165, 1.54) is 4.88 Å². The third-order valence-electron chi connectivity index (χ3n) is 3.89. The highest BCUT2D eigenvalue weighted by atomic mass is 32.1. The first-order chi connectivity index (χ1) is 12.8. The minimum atomic E-state index is 0.0200. The number of aromatic nitrogens is 7. The Hall–Kier alpha value is -2.91. The maximum absolute atomic E-state index is 9.34. The van der Waals surface area contributed by atoms with Crippen molar-refractivity contribution in [1.29, 1.82) is 0 Å². The van der Waals surface area contributed by atoms with Gasteiger partial charge < -0.3 is 5.11 Å². The van der Waals surface area contributed by atoms with Gasteiger partial charge in [0.2, 0.25) is 0 Å². The third kappa shape index (κ3) is 3.68. The van der Waals surface area contributed by atoms with Crippen LogP contribution in [0, 0.1) is 0 Å². The molecule has 1 aromatic carbocycles. The van der Waals surface area contributed by atoms with Gasteiger partial charge in [0, 0.05) is 16.9 Å². The lowest BCUT2D eigenvalue weighted by molar-refractivity contribution is 0.270. The number of hydrogen-bond donors (Lipinski definition) is 1. The van der Waals surface area contributed by atoms with E-state index in [9.17, 15) is 5.11 Å². The summed E-state index contributed by atoms with van der Waals surface area (Å²) in [5, 5.41) is 27.1. The zero-order valence-electron chi connectivity index (χ0n) is 13.9. The predicted molar refractivity (Wildman–Crippen MR) is 96.6 cm³/mol. The van der Waals surface area contributed by atoms with Crippen LogP contribution in [0.25, 0.3) is 11.4 Å². The van der Waals surface area contributed by atoms with Crippen LogP contribution in [-0.2, 0) is 19.5 Å². The van der Waals surface area contributed by atoms with Crippen molar-refractivity contribution in [3.05, 3.63) is 64.4 Å². The van der Waals surface area contributed by atoms with E-state index in [0.717, 1.165) is 22.8 Å². The third-order valence-corrected chi connectivity index (χ3v) is 4.76. The minimum Gasteiger partial charge on any atom is -0.394 e. The standard InChI is InChI=1S/C17H17N7OS/c25-8-7-24-17(19-16(20-24)10-15-2-1-9-26-15)14-5-3-13(4-6-14)11-23-12-18-21-22-23/h1-6,9,12,25H,7-8,10-11H2. The Balaban J connectivity index is 1.58. The molecule has 132 valence electrons. The van der Waals surface area contributed by atoms with Gasteiger partial charge >= 0.3 is 0 Å². The van der Waals surface area contributed by atoms with Crippen LogP contribution in [0.4, 0.5) is 0 Å². The molecular formula is C17H17N7OS. The van der Waals surface area contributed by atoms with Crippen molar-refractivity contribution in [2.45, 2.75) is 19.5 Å². The van der Waals surface area contributed by atoms with Gasteiger partial charge in [0.15, 0.2) is 11.6 Å². The zero-order chi connectivity index (χ0) is 17.8. The number of benzene rings is 1. The molecule has 4 rings (SSSR count). The summed E-state index contributed by atoms with van der Waals surface area (Å²) in [6, 6.07) is 12.2.